The van der Waals surface area contributed by atoms with E-state index in [1.54, 1.807) is 12.1 Å². The summed E-state index contributed by atoms with van der Waals surface area (Å²) in [4.78, 5) is 52.4. The van der Waals surface area contributed by atoms with E-state index in [1.165, 1.54) is 24.4 Å². The predicted molar refractivity (Wildman–Crippen MR) is 90.5 cm³/mol. The summed E-state index contributed by atoms with van der Waals surface area (Å²) in [7, 11) is 0. The van der Waals surface area contributed by atoms with Crippen LogP contribution in [0.3, 0.4) is 0 Å². The fraction of sp³-hybridized carbons (Fsp3) is 0.278. The van der Waals surface area contributed by atoms with E-state index in [4.69, 9.17) is 4.84 Å². The number of hydrogen-bond acceptors (Lipinski definition) is 7. The van der Waals surface area contributed by atoms with E-state index in [0.29, 0.717) is 11.0 Å². The summed E-state index contributed by atoms with van der Waals surface area (Å²) in [5.41, 5.74) is 0.418. The molecule has 1 aromatic heterocycles. The fourth-order valence-corrected chi connectivity index (χ4v) is 3.09. The molecular weight excluding hydrogens is 336 g/mol. The van der Waals surface area contributed by atoms with Gasteiger partial charge >= 0.3 is 5.97 Å². The van der Waals surface area contributed by atoms with Gasteiger partial charge in [-0.2, -0.15) is 0 Å². The summed E-state index contributed by atoms with van der Waals surface area (Å²) >= 11 is 0. The minimum absolute atomic E-state index is 0.00266. The highest BCUT2D eigenvalue weighted by atomic mass is 16.7. The highest BCUT2D eigenvalue weighted by molar-refractivity contribution is 6.21. The second kappa shape index (κ2) is 6.55. The molecule has 1 saturated heterocycles. The largest absolute Gasteiger partial charge is 0.382 e. The zero-order valence-electron chi connectivity index (χ0n) is 13.9. The first kappa shape index (κ1) is 16.2. The van der Waals surface area contributed by atoms with Gasteiger partial charge in [0.05, 0.1) is 11.1 Å². The van der Waals surface area contributed by atoms with Crippen molar-refractivity contribution in [1.29, 1.82) is 0 Å². The monoisotopic (exact) mass is 352 g/mol. The van der Waals surface area contributed by atoms with Gasteiger partial charge in [0.15, 0.2) is 5.69 Å². The Morgan fingerprint density at radius 3 is 2.27 bits per heavy atom. The molecule has 8 nitrogen and oxygen atoms in total. The van der Waals surface area contributed by atoms with Crippen molar-refractivity contribution in [2.75, 3.05) is 18.0 Å². The normalized spacial score (nSPS) is 16.6. The summed E-state index contributed by atoms with van der Waals surface area (Å²) in [6, 6.07) is 7.72. The third kappa shape index (κ3) is 2.79. The van der Waals surface area contributed by atoms with Crippen molar-refractivity contribution in [2.24, 2.45) is 0 Å². The summed E-state index contributed by atoms with van der Waals surface area (Å²) < 4.78 is 0. The van der Waals surface area contributed by atoms with E-state index in [2.05, 4.69) is 9.97 Å². The Morgan fingerprint density at radius 1 is 0.962 bits per heavy atom. The number of hydrogen-bond donors (Lipinski definition) is 0. The Morgan fingerprint density at radius 2 is 1.62 bits per heavy atom. The van der Waals surface area contributed by atoms with Crippen molar-refractivity contribution in [3.05, 3.63) is 53.3 Å². The van der Waals surface area contributed by atoms with Gasteiger partial charge in [0, 0.05) is 19.3 Å². The number of imide groups is 1. The molecule has 0 aliphatic carbocycles. The number of carbonyl (C=O) groups is 3. The van der Waals surface area contributed by atoms with Gasteiger partial charge in [-0.15, -0.1) is 0 Å². The summed E-state index contributed by atoms with van der Waals surface area (Å²) in [6.07, 6.45) is 4.73. The molecule has 0 atom stereocenters. The Labute approximate surface area is 149 Å². The topological polar surface area (TPSA) is 92.7 Å². The lowest BCUT2D eigenvalue weighted by atomic mass is 10.1. The number of piperidine rings is 1. The number of aromatic nitrogens is 2. The molecule has 0 N–H and O–H groups in total. The summed E-state index contributed by atoms with van der Waals surface area (Å²) in [5.74, 6) is -1.75. The van der Waals surface area contributed by atoms with Crippen LogP contribution in [0.5, 0.6) is 0 Å². The molecule has 2 aromatic rings. The molecule has 1 fully saturated rings. The van der Waals surface area contributed by atoms with Crippen molar-refractivity contribution < 1.29 is 19.2 Å². The van der Waals surface area contributed by atoms with Crippen molar-refractivity contribution in [3.63, 3.8) is 0 Å². The second-order valence-corrected chi connectivity index (χ2v) is 6.12. The van der Waals surface area contributed by atoms with Gasteiger partial charge in [0.2, 0.25) is 5.95 Å². The lowest BCUT2D eigenvalue weighted by molar-refractivity contribution is -0.0588. The van der Waals surface area contributed by atoms with Crippen LogP contribution in [0, 0.1) is 0 Å². The van der Waals surface area contributed by atoms with Crippen LogP contribution in [0.2, 0.25) is 0 Å². The maximum atomic E-state index is 12.4. The molecule has 0 bridgehead atoms. The zero-order valence-corrected chi connectivity index (χ0v) is 13.9. The van der Waals surface area contributed by atoms with Gasteiger partial charge in [-0.3, -0.25) is 9.59 Å². The molecule has 0 saturated carbocycles. The third-order valence-electron chi connectivity index (χ3n) is 4.42. The number of amides is 2. The number of carbonyl (C=O) groups excluding carboxylic acids is 3. The van der Waals surface area contributed by atoms with E-state index in [1.807, 2.05) is 4.90 Å². The lowest BCUT2D eigenvalue weighted by Gasteiger charge is -2.26. The van der Waals surface area contributed by atoms with Crippen LogP contribution in [0.1, 0.15) is 50.5 Å². The van der Waals surface area contributed by atoms with Gasteiger partial charge in [-0.05, 0) is 37.5 Å². The van der Waals surface area contributed by atoms with Crippen molar-refractivity contribution >= 4 is 23.7 Å². The summed E-state index contributed by atoms with van der Waals surface area (Å²) in [5, 5.41) is 0.482. The average Bonchev–Trinajstić information content (AvgIpc) is 2.94. The molecule has 2 aliphatic rings. The quantitative estimate of drug-likeness (QED) is 0.778. The number of fused-ring (bicyclic) bond motifs is 1. The maximum Gasteiger partial charge on any atom is 0.382 e. The SMILES string of the molecule is O=C(ON1C(=O)c2ccccc2C1=O)c1ccnc(N2CCCCC2)n1. The van der Waals surface area contributed by atoms with E-state index < -0.39 is 17.8 Å². The minimum atomic E-state index is -0.875. The molecule has 0 radical (unpaired) electrons. The fourth-order valence-electron chi connectivity index (χ4n) is 3.09. The maximum absolute atomic E-state index is 12.4. The molecule has 26 heavy (non-hydrogen) atoms. The molecule has 0 unspecified atom stereocenters. The van der Waals surface area contributed by atoms with Gasteiger partial charge in [-0.1, -0.05) is 17.2 Å². The Hall–Kier alpha value is -3.29. The Balaban J connectivity index is 1.52. The van der Waals surface area contributed by atoms with Gasteiger partial charge in [0.1, 0.15) is 0 Å². The zero-order chi connectivity index (χ0) is 18.1. The number of rotatable bonds is 3. The van der Waals surface area contributed by atoms with Crippen LogP contribution in [0.15, 0.2) is 36.5 Å². The molecule has 0 spiro atoms. The first-order valence-electron chi connectivity index (χ1n) is 8.43. The van der Waals surface area contributed by atoms with Crippen LogP contribution in [-0.4, -0.2) is 45.9 Å². The minimum Gasteiger partial charge on any atom is -0.341 e. The van der Waals surface area contributed by atoms with E-state index in [0.717, 1.165) is 32.4 Å². The van der Waals surface area contributed by atoms with E-state index in [-0.39, 0.29) is 16.8 Å². The smallest absolute Gasteiger partial charge is 0.341 e. The number of anilines is 1. The molecule has 132 valence electrons. The molecule has 2 amide bonds. The van der Waals surface area contributed by atoms with Gasteiger partial charge in [-0.25, -0.2) is 14.8 Å². The predicted octanol–water partition coefficient (Wildman–Crippen LogP) is 1.83. The van der Waals surface area contributed by atoms with Crippen LogP contribution in [0.4, 0.5) is 5.95 Å². The second-order valence-electron chi connectivity index (χ2n) is 6.12. The molecule has 8 heteroatoms. The van der Waals surface area contributed by atoms with Crippen LogP contribution >= 0.6 is 0 Å². The molecular formula is C18H16N4O4. The van der Waals surface area contributed by atoms with Crippen LogP contribution in [-0.2, 0) is 4.84 Å². The number of nitrogens with zero attached hydrogens (tertiary/aromatic N) is 4. The average molecular weight is 352 g/mol. The third-order valence-corrected chi connectivity index (χ3v) is 4.42. The first-order chi connectivity index (χ1) is 12.6. The first-order valence-corrected chi connectivity index (χ1v) is 8.43. The van der Waals surface area contributed by atoms with Gasteiger partial charge in [0.25, 0.3) is 11.8 Å². The summed E-state index contributed by atoms with van der Waals surface area (Å²) in [6.45, 7) is 1.66. The highest BCUT2D eigenvalue weighted by Gasteiger charge is 2.39. The number of hydroxylamine groups is 2. The Kier molecular flexibility index (Phi) is 4.08. The molecule has 3 heterocycles. The Bertz CT molecular complexity index is 857. The lowest BCUT2D eigenvalue weighted by Crippen LogP contribution is -2.34. The van der Waals surface area contributed by atoms with E-state index >= 15 is 0 Å². The standard InChI is InChI=1S/C18H16N4O4/c23-15-12-6-2-3-7-13(12)16(24)22(15)26-17(25)14-8-9-19-18(20-14)21-10-4-1-5-11-21/h2-3,6-9H,1,4-5,10-11H2. The van der Waals surface area contributed by atoms with Crippen molar-refractivity contribution in [3.8, 4) is 0 Å². The highest BCUT2D eigenvalue weighted by Crippen LogP contribution is 2.23. The van der Waals surface area contributed by atoms with Gasteiger partial charge < -0.3 is 9.74 Å². The van der Waals surface area contributed by atoms with Crippen molar-refractivity contribution in [1.82, 2.24) is 15.0 Å². The molecule has 2 aliphatic heterocycles. The van der Waals surface area contributed by atoms with Crippen LogP contribution < -0.4 is 4.90 Å². The molecule has 1 aromatic carbocycles. The molecule has 4 rings (SSSR count). The van der Waals surface area contributed by atoms with Crippen molar-refractivity contribution in [2.45, 2.75) is 19.3 Å². The van der Waals surface area contributed by atoms with Crippen LogP contribution in [0.25, 0.3) is 0 Å². The number of benzene rings is 1. The van der Waals surface area contributed by atoms with E-state index in [9.17, 15) is 14.4 Å².